The molecular weight excluding hydrogens is 370 g/mol. The lowest BCUT2D eigenvalue weighted by Crippen LogP contribution is -2.26. The average Bonchev–Trinajstić information content (AvgIpc) is 2.67. The van der Waals surface area contributed by atoms with Gasteiger partial charge in [-0.05, 0) is 64.3 Å². The van der Waals surface area contributed by atoms with E-state index < -0.39 is 0 Å². The largest absolute Gasteiger partial charge is 0.478 e. The number of unbranched alkanes of at least 4 members (excludes halogenated alkanes) is 1. The summed E-state index contributed by atoms with van der Waals surface area (Å²) in [5.41, 5.74) is 4.14. The zero-order valence-corrected chi connectivity index (χ0v) is 18.8. The Morgan fingerprint density at radius 2 is 2.04 bits per heavy atom. The van der Waals surface area contributed by atoms with E-state index in [0.29, 0.717) is 29.7 Å². The van der Waals surface area contributed by atoms with Crippen LogP contribution < -0.4 is 10.1 Å². The number of aromatic nitrogens is 1. The van der Waals surface area contributed by atoms with Crippen LogP contribution >= 0.6 is 11.6 Å². The van der Waals surface area contributed by atoms with Crippen LogP contribution in [0.3, 0.4) is 0 Å². The predicted octanol–water partition coefficient (Wildman–Crippen LogP) is 6.49. The van der Waals surface area contributed by atoms with Gasteiger partial charge in [-0.2, -0.15) is 0 Å². The maximum atomic E-state index is 8.42. The van der Waals surface area contributed by atoms with Crippen molar-refractivity contribution in [2.45, 2.75) is 66.8 Å². The molecule has 1 heterocycles. The van der Waals surface area contributed by atoms with Gasteiger partial charge in [0.05, 0.1) is 17.3 Å². The Morgan fingerprint density at radius 1 is 1.32 bits per heavy atom. The van der Waals surface area contributed by atoms with Gasteiger partial charge in [0, 0.05) is 29.1 Å². The number of hydrogen-bond acceptors (Lipinski definition) is 4. The molecule has 5 heteroatoms. The lowest BCUT2D eigenvalue weighted by molar-refractivity contribution is 0.326. The van der Waals surface area contributed by atoms with Crippen molar-refractivity contribution < 1.29 is 4.74 Å². The molecule has 0 aliphatic carbocycles. The van der Waals surface area contributed by atoms with Gasteiger partial charge < -0.3 is 15.5 Å². The van der Waals surface area contributed by atoms with Gasteiger partial charge in [0.1, 0.15) is 0 Å². The van der Waals surface area contributed by atoms with Crippen molar-refractivity contribution >= 4 is 22.9 Å². The van der Waals surface area contributed by atoms with E-state index in [0.717, 1.165) is 35.2 Å². The van der Waals surface area contributed by atoms with Crippen LogP contribution in [0.25, 0.3) is 5.57 Å². The molecule has 4 nitrogen and oxygen atoms in total. The number of pyridine rings is 1. The second-order valence-electron chi connectivity index (χ2n) is 6.88. The van der Waals surface area contributed by atoms with Crippen LogP contribution in [0, 0.1) is 5.41 Å². The molecule has 1 rings (SSSR count). The molecule has 0 aromatic carbocycles. The van der Waals surface area contributed by atoms with E-state index in [-0.39, 0.29) is 6.04 Å². The predicted molar refractivity (Wildman–Crippen MR) is 121 cm³/mol. The molecule has 0 unspecified atom stereocenters. The van der Waals surface area contributed by atoms with Gasteiger partial charge in [0.15, 0.2) is 0 Å². The van der Waals surface area contributed by atoms with Crippen LogP contribution in [-0.2, 0) is 0 Å². The van der Waals surface area contributed by atoms with Crippen LogP contribution in [0.2, 0.25) is 0 Å². The lowest BCUT2D eigenvalue weighted by Gasteiger charge is -2.20. The van der Waals surface area contributed by atoms with Crippen LogP contribution in [0.5, 0.6) is 5.88 Å². The molecule has 28 heavy (non-hydrogen) atoms. The first-order chi connectivity index (χ1) is 13.3. The van der Waals surface area contributed by atoms with Crippen molar-refractivity contribution in [1.29, 1.82) is 5.41 Å². The average molecular weight is 404 g/mol. The monoisotopic (exact) mass is 403 g/mol. The summed E-state index contributed by atoms with van der Waals surface area (Å²) in [5.74, 6) is 0.602. The summed E-state index contributed by atoms with van der Waals surface area (Å²) in [6.45, 7) is 12.8. The summed E-state index contributed by atoms with van der Waals surface area (Å²) >= 11 is 6.78. The van der Waals surface area contributed by atoms with Crippen molar-refractivity contribution in [2.24, 2.45) is 0 Å². The fraction of sp³-hybridized carbons (Fsp3) is 0.478. The summed E-state index contributed by atoms with van der Waals surface area (Å²) < 4.78 is 5.65. The molecule has 0 bridgehead atoms. The van der Waals surface area contributed by atoms with Crippen LogP contribution in [0.1, 0.15) is 66.4 Å². The normalized spacial score (nSPS) is 13.4. The molecule has 0 atom stereocenters. The van der Waals surface area contributed by atoms with Crippen LogP contribution in [-0.4, -0.2) is 23.3 Å². The summed E-state index contributed by atoms with van der Waals surface area (Å²) in [7, 11) is 0. The van der Waals surface area contributed by atoms with Gasteiger partial charge in [0.25, 0.3) is 0 Å². The molecule has 0 aliphatic rings. The van der Waals surface area contributed by atoms with Gasteiger partial charge in [-0.25, -0.2) is 4.98 Å². The van der Waals surface area contributed by atoms with Crippen molar-refractivity contribution in [3.8, 4) is 5.88 Å². The first-order valence-corrected chi connectivity index (χ1v) is 10.4. The molecule has 2 N–H and O–H groups in total. The molecule has 0 saturated heterocycles. The van der Waals surface area contributed by atoms with E-state index in [1.54, 1.807) is 6.20 Å². The summed E-state index contributed by atoms with van der Waals surface area (Å²) in [5, 5.41) is 12.5. The topological polar surface area (TPSA) is 58.0 Å². The molecule has 0 saturated carbocycles. The molecule has 0 spiro atoms. The molecule has 0 amide bonds. The Kier molecular flexibility index (Phi) is 10.6. The minimum absolute atomic E-state index is 0.199. The fourth-order valence-corrected chi connectivity index (χ4v) is 3.02. The highest BCUT2D eigenvalue weighted by Gasteiger charge is 2.15. The Morgan fingerprint density at radius 3 is 2.61 bits per heavy atom. The summed E-state index contributed by atoms with van der Waals surface area (Å²) in [6.07, 6.45) is 8.34. The second kappa shape index (κ2) is 12.4. The third kappa shape index (κ3) is 7.16. The third-order valence-corrected chi connectivity index (χ3v) is 4.38. The fourth-order valence-electron chi connectivity index (χ4n) is 2.70. The molecule has 0 aliphatic heterocycles. The van der Waals surface area contributed by atoms with Gasteiger partial charge >= 0.3 is 0 Å². The molecular formula is C23H34ClN3O. The molecule has 1 aromatic heterocycles. The first kappa shape index (κ1) is 24.0. The first-order valence-electron chi connectivity index (χ1n) is 10.1. The number of ether oxygens (including phenoxy) is 1. The molecule has 1 aromatic rings. The summed E-state index contributed by atoms with van der Waals surface area (Å²) in [6, 6.07) is 4.06. The van der Waals surface area contributed by atoms with E-state index in [2.05, 4.69) is 37.1 Å². The second-order valence-corrected chi connectivity index (χ2v) is 7.28. The maximum absolute atomic E-state index is 8.42. The number of halogens is 1. The van der Waals surface area contributed by atoms with Gasteiger partial charge in [-0.15, -0.1) is 0 Å². The van der Waals surface area contributed by atoms with E-state index in [1.807, 2.05) is 39.0 Å². The zero-order chi connectivity index (χ0) is 21.1. The van der Waals surface area contributed by atoms with Crippen molar-refractivity contribution in [3.63, 3.8) is 0 Å². The molecule has 154 valence electrons. The Hall–Kier alpha value is -2.07. The Labute approximate surface area is 175 Å². The highest BCUT2D eigenvalue weighted by atomic mass is 35.5. The van der Waals surface area contributed by atoms with Gasteiger partial charge in [0.2, 0.25) is 5.88 Å². The molecule has 0 fully saturated rings. The highest BCUT2D eigenvalue weighted by Crippen LogP contribution is 2.28. The number of nitrogens with zero attached hydrogens (tertiary/aromatic N) is 1. The Bertz CT molecular complexity index is 748. The standard InChI is InChI=1S/C23H34ClN3O/c1-7-10-12-19(21(25)8-2)22(27-16(4)5)20(24)15-17(6)18-13-11-14-26-23(18)28-9-3/h11-16,25,27H,7-10H2,1-6H3/b17-15+,19-12+,22-20-,25-21?. The van der Waals surface area contributed by atoms with Crippen LogP contribution in [0.4, 0.5) is 0 Å². The lowest BCUT2D eigenvalue weighted by atomic mass is 10.0. The smallest absolute Gasteiger partial charge is 0.220 e. The van der Waals surface area contributed by atoms with Crippen molar-refractivity contribution in [3.05, 3.63) is 52.3 Å². The van der Waals surface area contributed by atoms with Crippen molar-refractivity contribution in [1.82, 2.24) is 10.3 Å². The highest BCUT2D eigenvalue weighted by molar-refractivity contribution is 6.32. The number of hydrogen-bond donors (Lipinski definition) is 2. The Balaban J connectivity index is 3.48. The third-order valence-electron chi connectivity index (χ3n) is 4.08. The minimum atomic E-state index is 0.199. The van der Waals surface area contributed by atoms with E-state index >= 15 is 0 Å². The minimum Gasteiger partial charge on any atom is -0.478 e. The van der Waals surface area contributed by atoms with Gasteiger partial charge in [-0.1, -0.05) is 37.9 Å². The quantitative estimate of drug-likeness (QED) is 0.328. The maximum Gasteiger partial charge on any atom is 0.220 e. The number of nitrogens with one attached hydrogen (secondary N) is 2. The van der Waals surface area contributed by atoms with E-state index in [9.17, 15) is 0 Å². The number of allylic oxidation sites excluding steroid dienone is 5. The zero-order valence-electron chi connectivity index (χ0n) is 18.0. The summed E-state index contributed by atoms with van der Waals surface area (Å²) in [4.78, 5) is 4.32. The van der Waals surface area contributed by atoms with E-state index in [1.165, 1.54) is 0 Å². The number of rotatable bonds is 11. The van der Waals surface area contributed by atoms with Crippen molar-refractivity contribution in [2.75, 3.05) is 6.61 Å². The molecule has 0 radical (unpaired) electrons. The van der Waals surface area contributed by atoms with Crippen LogP contribution in [0.15, 0.2) is 46.8 Å². The van der Waals surface area contributed by atoms with E-state index in [4.69, 9.17) is 21.7 Å². The SMILES string of the molecule is CCC/C=C(C(=N)CC)/C(NC(C)C)=C(Cl)\C=C(/C)c1cccnc1OCC. The van der Waals surface area contributed by atoms with Gasteiger partial charge in [-0.3, -0.25) is 0 Å².